The van der Waals surface area contributed by atoms with Gasteiger partial charge >= 0.3 is 5.97 Å². The van der Waals surface area contributed by atoms with Crippen LogP contribution in [0.3, 0.4) is 0 Å². The summed E-state index contributed by atoms with van der Waals surface area (Å²) in [6.45, 7) is 1.66. The van der Waals surface area contributed by atoms with Gasteiger partial charge < -0.3 is 9.47 Å². The van der Waals surface area contributed by atoms with Gasteiger partial charge in [0.15, 0.2) is 0 Å². The fourth-order valence-corrected chi connectivity index (χ4v) is 0.801. The van der Waals surface area contributed by atoms with Gasteiger partial charge in [-0.3, -0.25) is 4.79 Å². The molecule has 0 amide bonds. The molecular formula is C9H9NO4. The lowest BCUT2D eigenvalue weighted by Crippen LogP contribution is -2.18. The molecule has 0 radical (unpaired) electrons. The van der Waals surface area contributed by atoms with Gasteiger partial charge in [0.2, 0.25) is 6.29 Å². The highest BCUT2D eigenvalue weighted by molar-refractivity contribution is 5.87. The lowest BCUT2D eigenvalue weighted by Gasteiger charge is -2.09. The van der Waals surface area contributed by atoms with Crippen molar-refractivity contribution in [2.45, 2.75) is 13.2 Å². The summed E-state index contributed by atoms with van der Waals surface area (Å²) in [6, 6.07) is 4.85. The molecule has 0 aliphatic carbocycles. The van der Waals surface area contributed by atoms with Crippen LogP contribution in [-0.2, 0) is 14.3 Å². The lowest BCUT2D eigenvalue weighted by molar-refractivity contribution is -0.149. The second-order valence-electron chi connectivity index (χ2n) is 2.42. The van der Waals surface area contributed by atoms with Crippen molar-refractivity contribution >= 4 is 12.4 Å². The normalized spacial score (nSPS) is 11.5. The fraction of sp³-hybridized carbons (Fsp3) is 0.222. The molecule has 1 atom stereocenters. The molecule has 5 heteroatoms. The molecule has 1 rings (SSSR count). The number of aromatic nitrogens is 1. The minimum absolute atomic E-state index is 0.175. The average Bonchev–Trinajstić information content (AvgIpc) is 2.19. The number of hydrogen-bond donors (Lipinski definition) is 0. The van der Waals surface area contributed by atoms with Crippen molar-refractivity contribution in [3.8, 4) is 0 Å². The number of pyridine rings is 1. The van der Waals surface area contributed by atoms with Gasteiger partial charge in [0.1, 0.15) is 5.69 Å². The molecule has 0 spiro atoms. The molecule has 1 aromatic rings. The molecule has 0 fully saturated rings. The van der Waals surface area contributed by atoms with Crippen LogP contribution in [0.25, 0.3) is 0 Å². The van der Waals surface area contributed by atoms with Crippen molar-refractivity contribution in [1.82, 2.24) is 4.98 Å². The van der Waals surface area contributed by atoms with E-state index < -0.39 is 12.3 Å². The maximum absolute atomic E-state index is 11.2. The van der Waals surface area contributed by atoms with Crippen molar-refractivity contribution in [3.63, 3.8) is 0 Å². The molecule has 0 N–H and O–H groups in total. The summed E-state index contributed by atoms with van der Waals surface area (Å²) in [5.74, 6) is -0.625. The van der Waals surface area contributed by atoms with E-state index in [9.17, 15) is 9.59 Å². The topological polar surface area (TPSA) is 65.5 Å². The Morgan fingerprint density at radius 1 is 1.57 bits per heavy atom. The van der Waals surface area contributed by atoms with Crippen LogP contribution in [0.2, 0.25) is 0 Å². The second kappa shape index (κ2) is 4.96. The Balaban J connectivity index is 2.55. The van der Waals surface area contributed by atoms with Crippen LogP contribution in [0.1, 0.15) is 17.4 Å². The molecule has 5 nitrogen and oxygen atoms in total. The van der Waals surface area contributed by atoms with Gasteiger partial charge in [0, 0.05) is 13.1 Å². The zero-order valence-electron chi connectivity index (χ0n) is 7.54. The molecule has 1 unspecified atom stereocenters. The Kier molecular flexibility index (Phi) is 3.60. The van der Waals surface area contributed by atoms with Crippen molar-refractivity contribution in [2.24, 2.45) is 0 Å². The summed E-state index contributed by atoms with van der Waals surface area (Å²) in [5.41, 5.74) is 0.175. The van der Waals surface area contributed by atoms with E-state index >= 15 is 0 Å². The van der Waals surface area contributed by atoms with Crippen LogP contribution in [0, 0.1) is 0 Å². The quantitative estimate of drug-likeness (QED) is 0.403. The Morgan fingerprint density at radius 2 is 2.36 bits per heavy atom. The fourth-order valence-electron chi connectivity index (χ4n) is 0.801. The second-order valence-corrected chi connectivity index (χ2v) is 2.42. The molecule has 0 saturated carbocycles. The number of carbonyl (C=O) groups is 2. The molecule has 0 aliphatic rings. The van der Waals surface area contributed by atoms with Crippen LogP contribution >= 0.6 is 0 Å². The van der Waals surface area contributed by atoms with Gasteiger partial charge in [-0.25, -0.2) is 9.78 Å². The standard InChI is InChI=1S/C9H9NO4/c1-7(13-6-11)14-9(12)8-4-2-3-5-10-8/h2-7H,1H3. The van der Waals surface area contributed by atoms with E-state index in [1.165, 1.54) is 19.2 Å². The van der Waals surface area contributed by atoms with Gasteiger partial charge in [-0.05, 0) is 12.1 Å². The monoisotopic (exact) mass is 195 g/mol. The van der Waals surface area contributed by atoms with Gasteiger partial charge in [0.05, 0.1) is 0 Å². The van der Waals surface area contributed by atoms with Gasteiger partial charge in [-0.1, -0.05) is 6.07 Å². The molecule has 0 saturated heterocycles. The largest absolute Gasteiger partial charge is 0.428 e. The maximum Gasteiger partial charge on any atom is 0.359 e. The van der Waals surface area contributed by atoms with E-state index in [2.05, 4.69) is 9.72 Å². The van der Waals surface area contributed by atoms with Crippen molar-refractivity contribution < 1.29 is 19.1 Å². The third-order valence-corrected chi connectivity index (χ3v) is 1.39. The molecule has 0 bridgehead atoms. The van der Waals surface area contributed by atoms with E-state index in [4.69, 9.17) is 4.74 Å². The molecule has 1 heterocycles. The van der Waals surface area contributed by atoms with Crippen molar-refractivity contribution in [3.05, 3.63) is 30.1 Å². The summed E-state index contributed by atoms with van der Waals surface area (Å²) >= 11 is 0. The van der Waals surface area contributed by atoms with E-state index in [-0.39, 0.29) is 12.2 Å². The number of rotatable bonds is 4. The Labute approximate surface area is 80.7 Å². The molecule has 0 aromatic carbocycles. The molecule has 74 valence electrons. The maximum atomic E-state index is 11.2. The Hall–Kier alpha value is -1.91. The zero-order chi connectivity index (χ0) is 10.4. The number of ether oxygens (including phenoxy) is 2. The minimum Gasteiger partial charge on any atom is -0.428 e. The predicted molar refractivity (Wildman–Crippen MR) is 46.3 cm³/mol. The predicted octanol–water partition coefficient (Wildman–Crippen LogP) is 0.757. The van der Waals surface area contributed by atoms with Gasteiger partial charge in [-0.15, -0.1) is 0 Å². The van der Waals surface area contributed by atoms with E-state index in [1.807, 2.05) is 0 Å². The van der Waals surface area contributed by atoms with E-state index in [1.54, 1.807) is 12.1 Å². The molecule has 14 heavy (non-hydrogen) atoms. The van der Waals surface area contributed by atoms with Crippen molar-refractivity contribution in [2.75, 3.05) is 0 Å². The van der Waals surface area contributed by atoms with Gasteiger partial charge in [0.25, 0.3) is 6.47 Å². The average molecular weight is 195 g/mol. The zero-order valence-corrected chi connectivity index (χ0v) is 7.54. The smallest absolute Gasteiger partial charge is 0.359 e. The summed E-state index contributed by atoms with van der Waals surface area (Å²) in [5, 5.41) is 0. The van der Waals surface area contributed by atoms with Crippen LogP contribution in [-0.4, -0.2) is 23.7 Å². The van der Waals surface area contributed by atoms with E-state index in [0.717, 1.165) is 0 Å². The number of nitrogens with zero attached hydrogens (tertiary/aromatic N) is 1. The summed E-state index contributed by atoms with van der Waals surface area (Å²) in [6.07, 6.45) is 0.573. The van der Waals surface area contributed by atoms with Gasteiger partial charge in [-0.2, -0.15) is 0 Å². The van der Waals surface area contributed by atoms with Crippen LogP contribution in [0.5, 0.6) is 0 Å². The molecule has 1 aromatic heterocycles. The lowest BCUT2D eigenvalue weighted by atomic mass is 10.3. The number of hydrogen-bond acceptors (Lipinski definition) is 5. The first kappa shape index (κ1) is 10.2. The molecule has 0 aliphatic heterocycles. The Morgan fingerprint density at radius 3 is 2.93 bits per heavy atom. The van der Waals surface area contributed by atoms with Crippen LogP contribution < -0.4 is 0 Å². The summed E-state index contributed by atoms with van der Waals surface area (Å²) < 4.78 is 9.10. The first-order valence-electron chi connectivity index (χ1n) is 3.95. The third-order valence-electron chi connectivity index (χ3n) is 1.39. The van der Waals surface area contributed by atoms with Crippen LogP contribution in [0.4, 0.5) is 0 Å². The summed E-state index contributed by atoms with van der Waals surface area (Å²) in [4.78, 5) is 24.9. The highest BCUT2D eigenvalue weighted by atomic mass is 16.7. The summed E-state index contributed by atoms with van der Waals surface area (Å²) in [7, 11) is 0. The highest BCUT2D eigenvalue weighted by Crippen LogP contribution is 2.00. The first-order valence-corrected chi connectivity index (χ1v) is 3.95. The third kappa shape index (κ3) is 2.85. The SMILES string of the molecule is CC(OC=O)OC(=O)c1ccccn1. The highest BCUT2D eigenvalue weighted by Gasteiger charge is 2.12. The Bertz CT molecular complexity index is 312. The molecular weight excluding hydrogens is 186 g/mol. The minimum atomic E-state index is -0.901. The first-order chi connectivity index (χ1) is 6.74. The number of esters is 1. The number of carbonyl (C=O) groups excluding carboxylic acids is 2. The van der Waals surface area contributed by atoms with E-state index in [0.29, 0.717) is 0 Å². The van der Waals surface area contributed by atoms with Crippen molar-refractivity contribution in [1.29, 1.82) is 0 Å². The van der Waals surface area contributed by atoms with Crippen LogP contribution in [0.15, 0.2) is 24.4 Å².